The van der Waals surface area contributed by atoms with Crippen LogP contribution in [0.25, 0.3) is 0 Å². The third-order valence-corrected chi connectivity index (χ3v) is 4.88. The molecule has 0 bridgehead atoms. The Morgan fingerprint density at radius 3 is 2.24 bits per heavy atom. The summed E-state index contributed by atoms with van der Waals surface area (Å²) in [6, 6.07) is 5.65. The second-order valence-electron chi connectivity index (χ2n) is 6.46. The molecular formula is C18H25Cl3N4O3S. The van der Waals surface area contributed by atoms with E-state index in [1.165, 1.54) is 43.5 Å². The van der Waals surface area contributed by atoms with Crippen LogP contribution in [0.2, 0.25) is 0 Å². The highest BCUT2D eigenvalue weighted by Crippen LogP contribution is 2.29. The number of nitro benzene ring substituents is 1. The van der Waals surface area contributed by atoms with Gasteiger partial charge < -0.3 is 16.0 Å². The normalized spacial score (nSPS) is 12.1. The molecule has 0 heterocycles. The van der Waals surface area contributed by atoms with Crippen LogP contribution < -0.4 is 16.0 Å². The first-order valence-corrected chi connectivity index (χ1v) is 10.9. The zero-order chi connectivity index (χ0) is 21.9. The summed E-state index contributed by atoms with van der Waals surface area (Å²) in [6.07, 6.45) is 5.64. The Hall–Kier alpha value is -1.35. The number of rotatable bonds is 11. The van der Waals surface area contributed by atoms with Crippen LogP contribution in [0.4, 0.5) is 11.4 Å². The fourth-order valence-corrected chi connectivity index (χ4v) is 3.03. The summed E-state index contributed by atoms with van der Waals surface area (Å²) in [6.45, 7) is 2.15. The summed E-state index contributed by atoms with van der Waals surface area (Å²) in [5, 5.41) is 19.0. The summed E-state index contributed by atoms with van der Waals surface area (Å²) >= 11 is 23.0. The summed E-state index contributed by atoms with van der Waals surface area (Å²) in [5.74, 6) is -0.248. The molecule has 0 aromatic heterocycles. The predicted octanol–water partition coefficient (Wildman–Crippen LogP) is 5.44. The Kier molecular flexibility index (Phi) is 11.6. The molecule has 0 aliphatic rings. The third kappa shape index (κ3) is 10.8. The molecule has 0 saturated carbocycles. The minimum absolute atomic E-state index is 0.0458. The Morgan fingerprint density at radius 2 is 1.69 bits per heavy atom. The van der Waals surface area contributed by atoms with Gasteiger partial charge in [0.1, 0.15) is 6.17 Å². The third-order valence-electron chi connectivity index (χ3n) is 4.00. The maximum atomic E-state index is 12.2. The number of hydrogen-bond donors (Lipinski definition) is 3. The van der Waals surface area contributed by atoms with Gasteiger partial charge in [-0.25, -0.2) is 0 Å². The standard InChI is InChI=1S/C18H25Cl3N4O3S/c1-2-3-4-5-6-7-8-15(26)23-16(18(19,20)21)24-17(29)22-13-9-11-14(12-10-13)25(27)28/h9-12,16H,2-8H2,1H3,(H,23,26)(H2,22,24,29)/t16-/m0/s1. The van der Waals surface area contributed by atoms with Crippen LogP contribution in [-0.4, -0.2) is 25.9 Å². The Labute approximate surface area is 191 Å². The number of unbranched alkanes of at least 4 members (excludes halogenated alkanes) is 5. The van der Waals surface area contributed by atoms with Gasteiger partial charge in [-0.1, -0.05) is 73.8 Å². The lowest BCUT2D eigenvalue weighted by Gasteiger charge is -2.27. The van der Waals surface area contributed by atoms with E-state index in [1.807, 2.05) is 0 Å². The number of carbonyl (C=O) groups excluding carboxylic acids is 1. The van der Waals surface area contributed by atoms with E-state index >= 15 is 0 Å². The van der Waals surface area contributed by atoms with Gasteiger partial charge in [0.05, 0.1) is 4.92 Å². The van der Waals surface area contributed by atoms with Crippen LogP contribution >= 0.6 is 47.0 Å². The van der Waals surface area contributed by atoms with E-state index in [0.29, 0.717) is 12.1 Å². The van der Waals surface area contributed by atoms with Crippen molar-refractivity contribution in [1.82, 2.24) is 10.6 Å². The molecule has 0 unspecified atom stereocenters. The van der Waals surface area contributed by atoms with Crippen molar-refractivity contribution in [2.24, 2.45) is 0 Å². The molecule has 0 spiro atoms. The average Bonchev–Trinajstić information content (AvgIpc) is 2.63. The number of amides is 1. The lowest BCUT2D eigenvalue weighted by atomic mass is 10.1. The second-order valence-corrected chi connectivity index (χ2v) is 9.24. The van der Waals surface area contributed by atoms with E-state index in [1.54, 1.807) is 0 Å². The number of non-ortho nitro benzene ring substituents is 1. The maximum absolute atomic E-state index is 12.2. The fraction of sp³-hybridized carbons (Fsp3) is 0.556. The van der Waals surface area contributed by atoms with Crippen LogP contribution in [0.3, 0.4) is 0 Å². The number of alkyl halides is 3. The number of carbonyl (C=O) groups is 1. The van der Waals surface area contributed by atoms with Crippen molar-refractivity contribution in [3.8, 4) is 0 Å². The molecule has 7 nitrogen and oxygen atoms in total. The summed E-state index contributed by atoms with van der Waals surface area (Å²) < 4.78 is -1.84. The van der Waals surface area contributed by atoms with Gasteiger partial charge in [-0.15, -0.1) is 0 Å². The zero-order valence-corrected chi connectivity index (χ0v) is 19.1. The molecule has 1 amide bonds. The Morgan fingerprint density at radius 1 is 1.10 bits per heavy atom. The molecule has 1 aromatic carbocycles. The number of benzene rings is 1. The van der Waals surface area contributed by atoms with Gasteiger partial charge in [-0.3, -0.25) is 14.9 Å². The van der Waals surface area contributed by atoms with Crippen molar-refractivity contribution in [1.29, 1.82) is 0 Å². The number of nitrogens with zero attached hydrogens (tertiary/aromatic N) is 1. The monoisotopic (exact) mass is 482 g/mol. The quantitative estimate of drug-likeness (QED) is 0.0968. The van der Waals surface area contributed by atoms with Crippen molar-refractivity contribution >= 4 is 69.4 Å². The number of nitro groups is 1. The molecule has 1 atom stereocenters. The minimum Gasteiger partial charge on any atom is -0.339 e. The fourth-order valence-electron chi connectivity index (χ4n) is 2.46. The molecule has 162 valence electrons. The van der Waals surface area contributed by atoms with Crippen LogP contribution in [0.1, 0.15) is 51.9 Å². The lowest BCUT2D eigenvalue weighted by Crippen LogP contribution is -2.56. The summed E-state index contributed by atoms with van der Waals surface area (Å²) in [7, 11) is 0. The highest BCUT2D eigenvalue weighted by molar-refractivity contribution is 7.80. The number of halogens is 3. The highest BCUT2D eigenvalue weighted by atomic mass is 35.6. The number of nitrogens with one attached hydrogen (secondary N) is 3. The minimum atomic E-state index is -1.84. The largest absolute Gasteiger partial charge is 0.339 e. The average molecular weight is 484 g/mol. The van der Waals surface area contributed by atoms with E-state index in [9.17, 15) is 14.9 Å². The lowest BCUT2D eigenvalue weighted by molar-refractivity contribution is -0.384. The van der Waals surface area contributed by atoms with Gasteiger partial charge in [-0.2, -0.15) is 0 Å². The molecule has 0 fully saturated rings. The van der Waals surface area contributed by atoms with E-state index in [2.05, 4.69) is 22.9 Å². The molecule has 0 radical (unpaired) electrons. The first-order valence-electron chi connectivity index (χ1n) is 9.31. The van der Waals surface area contributed by atoms with Gasteiger partial charge >= 0.3 is 0 Å². The molecule has 0 saturated heterocycles. The molecule has 11 heteroatoms. The van der Waals surface area contributed by atoms with Crippen molar-refractivity contribution in [3.05, 3.63) is 34.4 Å². The van der Waals surface area contributed by atoms with Gasteiger partial charge in [0.15, 0.2) is 5.11 Å². The van der Waals surface area contributed by atoms with Crippen LogP contribution in [0.5, 0.6) is 0 Å². The maximum Gasteiger partial charge on any atom is 0.269 e. The van der Waals surface area contributed by atoms with Gasteiger partial charge in [0.2, 0.25) is 9.70 Å². The Bertz CT molecular complexity index is 684. The molecule has 0 aliphatic carbocycles. The van der Waals surface area contributed by atoms with E-state index < -0.39 is 14.9 Å². The Balaban J connectivity index is 2.52. The van der Waals surface area contributed by atoms with E-state index in [-0.39, 0.29) is 16.7 Å². The number of hydrogen-bond acceptors (Lipinski definition) is 4. The first kappa shape index (κ1) is 25.7. The van der Waals surface area contributed by atoms with Crippen LogP contribution in [-0.2, 0) is 4.79 Å². The molecule has 29 heavy (non-hydrogen) atoms. The van der Waals surface area contributed by atoms with Crippen molar-refractivity contribution in [3.63, 3.8) is 0 Å². The zero-order valence-electron chi connectivity index (χ0n) is 16.1. The molecule has 3 N–H and O–H groups in total. The number of anilines is 1. The molecule has 0 aliphatic heterocycles. The van der Waals surface area contributed by atoms with Gasteiger partial charge in [0, 0.05) is 24.2 Å². The van der Waals surface area contributed by atoms with E-state index in [0.717, 1.165) is 19.3 Å². The SMILES string of the molecule is CCCCCCCCC(=O)N[C@@H](NC(=S)Nc1ccc([N+](=O)[O-])cc1)C(Cl)(Cl)Cl. The summed E-state index contributed by atoms with van der Waals surface area (Å²) in [4.78, 5) is 22.4. The first-order chi connectivity index (χ1) is 13.6. The van der Waals surface area contributed by atoms with Gasteiger partial charge in [-0.05, 0) is 30.8 Å². The predicted molar refractivity (Wildman–Crippen MR) is 123 cm³/mol. The van der Waals surface area contributed by atoms with Crippen molar-refractivity contribution in [2.45, 2.75) is 61.8 Å². The molecule has 1 aromatic rings. The molecule has 1 rings (SSSR count). The highest BCUT2D eigenvalue weighted by Gasteiger charge is 2.34. The van der Waals surface area contributed by atoms with Crippen LogP contribution in [0.15, 0.2) is 24.3 Å². The second kappa shape index (κ2) is 13.1. The van der Waals surface area contributed by atoms with Gasteiger partial charge in [0.25, 0.3) is 5.69 Å². The smallest absolute Gasteiger partial charge is 0.269 e. The molecular weight excluding hydrogens is 459 g/mol. The van der Waals surface area contributed by atoms with Crippen molar-refractivity contribution < 1.29 is 9.72 Å². The topological polar surface area (TPSA) is 96.3 Å². The van der Waals surface area contributed by atoms with E-state index in [4.69, 9.17) is 47.0 Å². The summed E-state index contributed by atoms with van der Waals surface area (Å²) in [5.41, 5.74) is 0.463. The van der Waals surface area contributed by atoms with Crippen molar-refractivity contribution in [2.75, 3.05) is 5.32 Å². The van der Waals surface area contributed by atoms with Crippen LogP contribution in [0, 0.1) is 10.1 Å². The number of thiocarbonyl (C=S) groups is 1.